The third-order valence-corrected chi connectivity index (χ3v) is 11.2. The summed E-state index contributed by atoms with van der Waals surface area (Å²) in [4.78, 5) is 46.7. The van der Waals surface area contributed by atoms with E-state index < -0.39 is 51.7 Å². The molecule has 1 amide bonds. The van der Waals surface area contributed by atoms with Gasteiger partial charge in [0.15, 0.2) is 28.8 Å². The van der Waals surface area contributed by atoms with Crippen LogP contribution in [0, 0.1) is 16.7 Å². The maximum absolute atomic E-state index is 14.4. The van der Waals surface area contributed by atoms with Gasteiger partial charge < -0.3 is 44.1 Å². The number of carbonyl (C=O) groups excluding carboxylic acids is 3. The van der Waals surface area contributed by atoms with Crippen LogP contribution in [0.4, 0.5) is 0 Å². The lowest BCUT2D eigenvalue weighted by Crippen LogP contribution is -2.70. The van der Waals surface area contributed by atoms with Crippen LogP contribution in [0.1, 0.15) is 55.5 Å². The van der Waals surface area contributed by atoms with Crippen molar-refractivity contribution in [2.24, 2.45) is 16.7 Å². The fraction of sp³-hybridized carbons (Fsp3) is 0.528. The number of hydrogen-bond acceptors (Lipinski definition) is 11. The lowest BCUT2D eigenvalue weighted by Gasteiger charge is -2.59. The first-order chi connectivity index (χ1) is 23.0. The van der Waals surface area contributed by atoms with Gasteiger partial charge in [0.2, 0.25) is 17.3 Å². The molecule has 5 unspecified atom stereocenters. The number of likely N-dealkylation sites (tertiary alicyclic amines) is 2. The molecule has 5 atom stereocenters. The average molecular weight is 699 g/mol. The summed E-state index contributed by atoms with van der Waals surface area (Å²) in [5, 5.41) is 34.0. The molecule has 2 fully saturated rings. The second-order valence-corrected chi connectivity index (χ2v) is 15.0. The van der Waals surface area contributed by atoms with E-state index >= 15 is 0 Å². The van der Waals surface area contributed by atoms with E-state index in [0.717, 1.165) is 0 Å². The summed E-state index contributed by atoms with van der Waals surface area (Å²) in [5.74, 6) is -3.71. The molecule has 4 aliphatic rings. The number of nitrogens with zero attached hydrogens (tertiary/aromatic N) is 2. The smallest absolute Gasteiger partial charge is 0.231 e. The summed E-state index contributed by atoms with van der Waals surface area (Å²) < 4.78 is 22.6. The number of hydrogen-bond donors (Lipinski definition) is 3. The number of aliphatic hydroxyl groups is 2. The predicted octanol–water partition coefficient (Wildman–Crippen LogP) is 4.14. The topological polar surface area (TPSA) is 155 Å². The molecule has 6 rings (SSSR count). The van der Waals surface area contributed by atoms with Gasteiger partial charge in [-0.25, -0.2) is 0 Å². The van der Waals surface area contributed by atoms with Gasteiger partial charge in [-0.2, -0.15) is 0 Å². The Morgan fingerprint density at radius 3 is 2.20 bits per heavy atom. The van der Waals surface area contributed by atoms with Crippen molar-refractivity contribution in [2.45, 2.75) is 51.2 Å². The predicted molar refractivity (Wildman–Crippen MR) is 179 cm³/mol. The number of rotatable bonds is 7. The van der Waals surface area contributed by atoms with Crippen LogP contribution in [0.3, 0.4) is 0 Å². The summed E-state index contributed by atoms with van der Waals surface area (Å²) >= 11 is 6.62. The highest BCUT2D eigenvalue weighted by atomic mass is 35.5. The van der Waals surface area contributed by atoms with Crippen LogP contribution in [-0.4, -0.2) is 109 Å². The first kappa shape index (κ1) is 34.8. The van der Waals surface area contributed by atoms with Gasteiger partial charge in [0.1, 0.15) is 22.1 Å². The van der Waals surface area contributed by atoms with E-state index in [1.54, 1.807) is 17.9 Å². The molecule has 1 aliphatic carbocycles. The van der Waals surface area contributed by atoms with Gasteiger partial charge in [0, 0.05) is 73.3 Å². The zero-order valence-corrected chi connectivity index (χ0v) is 29.5. The second kappa shape index (κ2) is 12.1. The molecular weight excluding hydrogens is 656 g/mol. The number of ether oxygens (including phenoxy) is 4. The van der Waals surface area contributed by atoms with E-state index in [1.165, 1.54) is 39.5 Å². The Labute approximate surface area is 290 Å². The summed E-state index contributed by atoms with van der Waals surface area (Å²) in [6.07, 6.45) is -1.07. The Balaban J connectivity index is 1.48. The molecule has 1 spiro atoms. The highest BCUT2D eigenvalue weighted by Gasteiger charge is 2.62. The summed E-state index contributed by atoms with van der Waals surface area (Å²) in [6, 6.07) is 5.90. The Bertz CT molecular complexity index is 1760. The van der Waals surface area contributed by atoms with Crippen molar-refractivity contribution in [3.8, 4) is 28.7 Å². The van der Waals surface area contributed by atoms with Crippen LogP contribution in [0.5, 0.6) is 28.7 Å². The van der Waals surface area contributed by atoms with Gasteiger partial charge in [-0.15, -0.1) is 0 Å². The Kier molecular flexibility index (Phi) is 8.60. The number of aliphatic hydroxyl groups excluding tert-OH is 2. The Morgan fingerprint density at radius 1 is 1.00 bits per heavy atom. The fourth-order valence-corrected chi connectivity index (χ4v) is 9.09. The molecule has 3 aliphatic heterocycles. The lowest BCUT2D eigenvalue weighted by atomic mass is 9.63. The van der Waals surface area contributed by atoms with Gasteiger partial charge >= 0.3 is 0 Å². The third kappa shape index (κ3) is 5.21. The van der Waals surface area contributed by atoms with Crippen molar-refractivity contribution in [2.75, 3.05) is 54.6 Å². The zero-order valence-electron chi connectivity index (χ0n) is 28.8. The largest absolute Gasteiger partial charge is 0.507 e. The van der Waals surface area contributed by atoms with Crippen LogP contribution in [0.15, 0.2) is 35.6 Å². The Hall–Kier alpha value is -4.00. The van der Waals surface area contributed by atoms with Crippen molar-refractivity contribution in [3.05, 3.63) is 51.7 Å². The molecule has 2 aromatic rings. The minimum atomic E-state index is -2.05. The van der Waals surface area contributed by atoms with E-state index in [9.17, 15) is 29.7 Å². The van der Waals surface area contributed by atoms with Gasteiger partial charge in [0.05, 0.1) is 27.4 Å². The number of halogens is 1. The maximum Gasteiger partial charge on any atom is 0.231 e. The van der Waals surface area contributed by atoms with Crippen LogP contribution in [0.25, 0.3) is 0 Å². The number of piperidine rings is 2. The molecule has 3 heterocycles. The lowest BCUT2D eigenvalue weighted by molar-refractivity contribution is -0.179. The maximum atomic E-state index is 14.4. The van der Waals surface area contributed by atoms with Gasteiger partial charge in [-0.05, 0) is 24.7 Å². The first-order valence-corrected chi connectivity index (χ1v) is 16.6. The third-order valence-electron chi connectivity index (χ3n) is 10.9. The minimum absolute atomic E-state index is 0.00226. The Morgan fingerprint density at radius 2 is 1.61 bits per heavy atom. The van der Waals surface area contributed by atoms with E-state index in [-0.39, 0.29) is 76.7 Å². The molecule has 3 N–H and O–H groups in total. The van der Waals surface area contributed by atoms with Crippen LogP contribution < -0.4 is 18.9 Å². The quantitative estimate of drug-likeness (QED) is 0.382. The number of benzene rings is 2. The number of phenolic OH excluding ortho intramolecular Hbond substituents is 1. The summed E-state index contributed by atoms with van der Waals surface area (Å²) in [5.41, 5.74) is -2.99. The molecule has 264 valence electrons. The number of methoxy groups -OCH3 is 3. The normalized spacial score (nSPS) is 30.3. The average Bonchev–Trinajstić information content (AvgIpc) is 3.36. The van der Waals surface area contributed by atoms with Crippen molar-refractivity contribution in [1.82, 2.24) is 9.80 Å². The minimum Gasteiger partial charge on any atom is -0.507 e. The van der Waals surface area contributed by atoms with Crippen molar-refractivity contribution >= 4 is 29.1 Å². The molecule has 2 saturated heterocycles. The standard InChI is InChI=1S/C36H43ClN2O10/c1-18-10-22(41)27(31(43)36(18)32(44)28-24(47-6)13-25(48-7)29(37)30(28)49-36)20(19-8-9-21(40)23(11-19)46-5)12-26(42)39-16-34(2)14-38(4)15-35(3,17-39)33(34)45/h8-9,11,13,18,20,33,40,43,45H,10,12,14-17H2,1-7H3. The molecule has 13 heteroatoms. The number of carbonyl (C=O) groups is 3. The van der Waals surface area contributed by atoms with Crippen molar-refractivity contribution < 1.29 is 48.7 Å². The number of aromatic hydroxyl groups is 1. The molecular formula is C36H43ClN2O10. The molecule has 0 saturated carbocycles. The number of ketones is 2. The monoisotopic (exact) mass is 698 g/mol. The molecule has 0 aromatic heterocycles. The zero-order chi connectivity index (χ0) is 35.8. The molecule has 0 radical (unpaired) electrons. The van der Waals surface area contributed by atoms with E-state index in [2.05, 4.69) is 4.90 Å². The van der Waals surface area contributed by atoms with E-state index in [1.807, 2.05) is 20.9 Å². The molecule has 2 bridgehead atoms. The highest BCUT2D eigenvalue weighted by Crippen LogP contribution is 2.56. The van der Waals surface area contributed by atoms with Crippen molar-refractivity contribution in [1.29, 1.82) is 0 Å². The number of allylic oxidation sites excluding steroid dienone is 1. The van der Waals surface area contributed by atoms with E-state index in [0.29, 0.717) is 18.7 Å². The van der Waals surface area contributed by atoms with E-state index in [4.69, 9.17) is 30.5 Å². The summed E-state index contributed by atoms with van der Waals surface area (Å²) in [6.45, 7) is 7.32. The number of amides is 1. The molecule has 2 aromatic carbocycles. The van der Waals surface area contributed by atoms with Crippen LogP contribution in [-0.2, 0) is 9.59 Å². The second-order valence-electron chi connectivity index (χ2n) is 14.6. The number of fused-ring (bicyclic) bond motifs is 3. The fourth-order valence-electron chi connectivity index (χ4n) is 8.82. The van der Waals surface area contributed by atoms with Crippen molar-refractivity contribution in [3.63, 3.8) is 0 Å². The number of Topliss-reactive ketones (excluding diaryl/α,β-unsaturated/α-hetero) is 2. The van der Waals surface area contributed by atoms with Gasteiger partial charge in [-0.3, -0.25) is 14.4 Å². The highest BCUT2D eigenvalue weighted by molar-refractivity contribution is 6.35. The summed E-state index contributed by atoms with van der Waals surface area (Å²) in [7, 11) is 6.16. The van der Waals surface area contributed by atoms with Gasteiger partial charge in [-0.1, -0.05) is 38.4 Å². The van der Waals surface area contributed by atoms with Crippen LogP contribution in [0.2, 0.25) is 5.02 Å². The number of phenols is 1. The molecule has 12 nitrogen and oxygen atoms in total. The SMILES string of the molecule is COc1cc(C(CC(=O)N2CC3(C)CN(C)CC(C)(C2)C3O)C2=C(O)C3(Oc4c(Cl)c(OC)cc(OC)c4C3=O)C(C)CC2=O)ccc1O. The molecule has 49 heavy (non-hydrogen) atoms. The van der Waals surface area contributed by atoms with Crippen LogP contribution >= 0.6 is 11.6 Å². The van der Waals surface area contributed by atoms with Gasteiger partial charge in [0.25, 0.3) is 0 Å². The first-order valence-electron chi connectivity index (χ1n) is 16.2.